The van der Waals surface area contributed by atoms with Crippen LogP contribution in [0.5, 0.6) is 0 Å². The highest BCUT2D eigenvalue weighted by molar-refractivity contribution is 7.99. The van der Waals surface area contributed by atoms with Crippen LogP contribution in [-0.2, 0) is 11.3 Å². The van der Waals surface area contributed by atoms with Gasteiger partial charge in [-0.2, -0.15) is 0 Å². The molecule has 1 N–H and O–H groups in total. The van der Waals surface area contributed by atoms with Gasteiger partial charge >= 0.3 is 0 Å². The number of hydrogen-bond donors (Lipinski definition) is 1. The van der Waals surface area contributed by atoms with Gasteiger partial charge in [0.2, 0.25) is 0 Å². The molecule has 2 rings (SSSR count). The molecule has 1 aromatic heterocycles. The average molecular weight is 266 g/mol. The van der Waals surface area contributed by atoms with E-state index in [1.54, 1.807) is 11.8 Å². The van der Waals surface area contributed by atoms with Crippen LogP contribution in [0.4, 0.5) is 0 Å². The standard InChI is InChI=1S/C14H22N2OS/c1-2-7-15-9-12-5-6-14(16-10-12)18-11-13-4-3-8-17-13/h5-6,10,13,15H,2-4,7-9,11H2,1H3. The van der Waals surface area contributed by atoms with Crippen LogP contribution < -0.4 is 5.32 Å². The third-order valence-corrected chi connectivity index (χ3v) is 4.07. The summed E-state index contributed by atoms with van der Waals surface area (Å²) in [5.74, 6) is 1.03. The Hall–Kier alpha value is -0.580. The van der Waals surface area contributed by atoms with Gasteiger partial charge in [0.1, 0.15) is 0 Å². The van der Waals surface area contributed by atoms with Gasteiger partial charge in [-0.15, -0.1) is 11.8 Å². The lowest BCUT2D eigenvalue weighted by Gasteiger charge is -2.08. The Morgan fingerprint density at radius 3 is 3.11 bits per heavy atom. The van der Waals surface area contributed by atoms with Crippen LogP contribution in [0.3, 0.4) is 0 Å². The van der Waals surface area contributed by atoms with E-state index < -0.39 is 0 Å². The van der Waals surface area contributed by atoms with Gasteiger partial charge in [-0.3, -0.25) is 0 Å². The van der Waals surface area contributed by atoms with Crippen LogP contribution in [0, 0.1) is 0 Å². The second-order valence-electron chi connectivity index (χ2n) is 4.63. The number of nitrogens with one attached hydrogen (secondary N) is 1. The molecule has 1 fully saturated rings. The molecular formula is C14H22N2OS. The first-order chi connectivity index (χ1) is 8.88. The number of ether oxygens (including phenoxy) is 1. The van der Waals surface area contributed by atoms with Crippen LogP contribution in [0.15, 0.2) is 23.4 Å². The molecule has 100 valence electrons. The summed E-state index contributed by atoms with van der Waals surface area (Å²) in [5, 5.41) is 4.48. The van der Waals surface area contributed by atoms with Gasteiger partial charge in [0.25, 0.3) is 0 Å². The molecule has 0 bridgehead atoms. The first kappa shape index (κ1) is 13.8. The van der Waals surface area contributed by atoms with E-state index in [4.69, 9.17) is 4.74 Å². The topological polar surface area (TPSA) is 34.1 Å². The van der Waals surface area contributed by atoms with Gasteiger partial charge < -0.3 is 10.1 Å². The lowest BCUT2D eigenvalue weighted by molar-refractivity contribution is 0.129. The van der Waals surface area contributed by atoms with E-state index in [9.17, 15) is 0 Å². The van der Waals surface area contributed by atoms with Crippen molar-refractivity contribution < 1.29 is 4.74 Å². The summed E-state index contributed by atoms with van der Waals surface area (Å²) in [6, 6.07) is 4.27. The molecule has 1 saturated heterocycles. The molecule has 1 aliphatic heterocycles. The summed E-state index contributed by atoms with van der Waals surface area (Å²) in [5.41, 5.74) is 1.25. The summed E-state index contributed by atoms with van der Waals surface area (Å²) in [7, 11) is 0. The third kappa shape index (κ3) is 4.59. The summed E-state index contributed by atoms with van der Waals surface area (Å²) in [6.07, 6.45) is 5.98. The molecule has 3 nitrogen and oxygen atoms in total. The van der Waals surface area contributed by atoms with E-state index in [0.717, 1.165) is 30.5 Å². The Morgan fingerprint density at radius 2 is 2.44 bits per heavy atom. The molecule has 4 heteroatoms. The van der Waals surface area contributed by atoms with Gasteiger partial charge in [-0.25, -0.2) is 4.98 Å². The Bertz CT molecular complexity index is 336. The van der Waals surface area contributed by atoms with E-state index >= 15 is 0 Å². The first-order valence-electron chi connectivity index (χ1n) is 6.78. The summed E-state index contributed by atoms with van der Waals surface area (Å²) >= 11 is 1.80. The van der Waals surface area contributed by atoms with E-state index in [1.165, 1.54) is 24.8 Å². The predicted molar refractivity (Wildman–Crippen MR) is 75.9 cm³/mol. The monoisotopic (exact) mass is 266 g/mol. The van der Waals surface area contributed by atoms with Gasteiger partial charge in [0.15, 0.2) is 0 Å². The number of hydrogen-bond acceptors (Lipinski definition) is 4. The van der Waals surface area contributed by atoms with Gasteiger partial charge in [0.05, 0.1) is 11.1 Å². The molecule has 0 aliphatic carbocycles. The zero-order valence-corrected chi connectivity index (χ0v) is 11.8. The van der Waals surface area contributed by atoms with Gasteiger partial charge in [-0.05, 0) is 37.4 Å². The molecule has 1 aliphatic rings. The zero-order valence-electron chi connectivity index (χ0n) is 11.0. The fourth-order valence-electron chi connectivity index (χ4n) is 1.96. The van der Waals surface area contributed by atoms with E-state index in [1.807, 2.05) is 6.20 Å². The Labute approximate surface area is 114 Å². The highest BCUT2D eigenvalue weighted by atomic mass is 32.2. The minimum Gasteiger partial charge on any atom is -0.377 e. The van der Waals surface area contributed by atoms with Crippen molar-refractivity contribution in [3.63, 3.8) is 0 Å². The second-order valence-corrected chi connectivity index (χ2v) is 5.67. The maximum absolute atomic E-state index is 5.61. The van der Waals surface area contributed by atoms with Gasteiger partial charge in [0, 0.05) is 25.1 Å². The first-order valence-corrected chi connectivity index (χ1v) is 7.77. The SMILES string of the molecule is CCCNCc1ccc(SCC2CCCO2)nc1. The van der Waals surface area contributed by atoms with Crippen LogP contribution in [-0.4, -0.2) is 30.0 Å². The van der Waals surface area contributed by atoms with E-state index in [2.05, 4.69) is 29.4 Å². The largest absolute Gasteiger partial charge is 0.377 e. The number of pyridine rings is 1. The minimum absolute atomic E-state index is 0.433. The fourth-order valence-corrected chi connectivity index (χ4v) is 2.88. The molecule has 1 unspecified atom stereocenters. The smallest absolute Gasteiger partial charge is 0.0960 e. The maximum Gasteiger partial charge on any atom is 0.0960 e. The fraction of sp³-hybridized carbons (Fsp3) is 0.643. The molecule has 0 spiro atoms. The molecule has 18 heavy (non-hydrogen) atoms. The Kier molecular flexibility index (Phi) is 5.97. The molecule has 0 amide bonds. The molecule has 0 aromatic carbocycles. The Balaban J connectivity index is 1.72. The van der Waals surface area contributed by atoms with E-state index in [0.29, 0.717) is 6.10 Å². The summed E-state index contributed by atoms with van der Waals surface area (Å²) < 4.78 is 5.61. The second kappa shape index (κ2) is 7.77. The average Bonchev–Trinajstić information content (AvgIpc) is 2.91. The molecule has 0 saturated carbocycles. The van der Waals surface area contributed by atoms with Crippen LogP contribution in [0.1, 0.15) is 31.7 Å². The maximum atomic E-state index is 5.61. The predicted octanol–water partition coefficient (Wildman–Crippen LogP) is 2.85. The highest BCUT2D eigenvalue weighted by Crippen LogP contribution is 2.22. The van der Waals surface area contributed by atoms with Crippen molar-refractivity contribution in [2.24, 2.45) is 0 Å². The highest BCUT2D eigenvalue weighted by Gasteiger charge is 2.15. The van der Waals surface area contributed by atoms with Crippen LogP contribution >= 0.6 is 11.8 Å². The lowest BCUT2D eigenvalue weighted by atomic mass is 10.3. The van der Waals surface area contributed by atoms with Crippen molar-refractivity contribution in [3.8, 4) is 0 Å². The van der Waals surface area contributed by atoms with Gasteiger partial charge in [-0.1, -0.05) is 13.0 Å². The number of aromatic nitrogens is 1. The molecule has 1 atom stereocenters. The van der Waals surface area contributed by atoms with Crippen molar-refractivity contribution in [2.75, 3.05) is 18.9 Å². The quantitative estimate of drug-likeness (QED) is 0.608. The normalized spacial score (nSPS) is 19.3. The summed E-state index contributed by atoms with van der Waals surface area (Å²) in [4.78, 5) is 4.49. The number of nitrogens with zero attached hydrogens (tertiary/aromatic N) is 1. The molecule has 1 aromatic rings. The Morgan fingerprint density at radius 1 is 1.50 bits per heavy atom. The molecule has 0 radical (unpaired) electrons. The summed E-state index contributed by atoms with van der Waals surface area (Å²) in [6.45, 7) is 5.09. The van der Waals surface area contributed by atoms with Crippen LogP contribution in [0.25, 0.3) is 0 Å². The third-order valence-electron chi connectivity index (χ3n) is 2.99. The van der Waals surface area contributed by atoms with E-state index in [-0.39, 0.29) is 0 Å². The number of thioether (sulfide) groups is 1. The van der Waals surface area contributed by atoms with Crippen molar-refractivity contribution in [3.05, 3.63) is 23.9 Å². The van der Waals surface area contributed by atoms with Crippen molar-refractivity contribution in [1.29, 1.82) is 0 Å². The lowest BCUT2D eigenvalue weighted by Crippen LogP contribution is -2.13. The number of rotatable bonds is 7. The van der Waals surface area contributed by atoms with Crippen molar-refractivity contribution in [1.82, 2.24) is 10.3 Å². The minimum atomic E-state index is 0.433. The van der Waals surface area contributed by atoms with Crippen molar-refractivity contribution >= 4 is 11.8 Å². The molecule has 2 heterocycles. The van der Waals surface area contributed by atoms with Crippen LogP contribution in [0.2, 0.25) is 0 Å². The van der Waals surface area contributed by atoms with Crippen molar-refractivity contribution in [2.45, 2.75) is 43.9 Å². The molecular weight excluding hydrogens is 244 g/mol. The zero-order chi connectivity index (χ0) is 12.6.